The number of carbonyl (C=O) groups is 2. The minimum atomic E-state index is -0.487. The molecule has 0 radical (unpaired) electrons. The first-order valence-electron chi connectivity index (χ1n) is 10.3. The molecule has 174 valence electrons. The molecule has 0 bridgehead atoms. The molecule has 0 aliphatic heterocycles. The van der Waals surface area contributed by atoms with Crippen LogP contribution in [0.4, 0.5) is 0 Å². The predicted molar refractivity (Wildman–Crippen MR) is 140 cm³/mol. The van der Waals surface area contributed by atoms with E-state index >= 15 is 0 Å². The Morgan fingerprint density at radius 3 is 2.39 bits per heavy atom. The van der Waals surface area contributed by atoms with Gasteiger partial charge < -0.3 is 9.47 Å². The number of benzene rings is 3. The molecule has 0 spiro atoms. The Morgan fingerprint density at radius 1 is 0.909 bits per heavy atom. The average Bonchev–Trinajstić information content (AvgIpc) is 2.77. The van der Waals surface area contributed by atoms with Gasteiger partial charge in [-0.3, -0.25) is 20.4 Å². The third-order valence-corrected chi connectivity index (χ3v) is 6.63. The molecule has 2 N–H and O–H groups in total. The van der Waals surface area contributed by atoms with E-state index in [-0.39, 0.29) is 6.61 Å². The van der Waals surface area contributed by atoms with Gasteiger partial charge in [-0.1, -0.05) is 41.9 Å². The highest BCUT2D eigenvalue weighted by molar-refractivity contribution is 9.11. The van der Waals surface area contributed by atoms with Crippen molar-refractivity contribution < 1.29 is 19.1 Å². The number of fused-ring (bicyclic) bond motifs is 1. The van der Waals surface area contributed by atoms with Crippen molar-refractivity contribution in [2.45, 2.75) is 20.3 Å². The zero-order valence-electron chi connectivity index (χ0n) is 18.1. The van der Waals surface area contributed by atoms with Crippen LogP contribution in [0.1, 0.15) is 30.6 Å². The molecular weight excluding hydrogens is 620 g/mol. The molecule has 3 aromatic carbocycles. The first kappa shape index (κ1) is 25.5. The van der Waals surface area contributed by atoms with Crippen molar-refractivity contribution in [2.75, 3.05) is 13.2 Å². The summed E-state index contributed by atoms with van der Waals surface area (Å²) in [4.78, 5) is 24.5. The Labute approximate surface area is 217 Å². The molecule has 0 aromatic heterocycles. The molecule has 0 saturated heterocycles. The summed E-state index contributed by atoms with van der Waals surface area (Å²) in [5.74, 6) is 0.807. The van der Waals surface area contributed by atoms with Gasteiger partial charge in [0.25, 0.3) is 11.8 Å². The minimum Gasteiger partial charge on any atom is -0.492 e. The van der Waals surface area contributed by atoms with Crippen LogP contribution >= 0.6 is 47.8 Å². The molecule has 33 heavy (non-hydrogen) atoms. The molecule has 3 rings (SSSR count). The number of hydrogen-bond acceptors (Lipinski definition) is 4. The van der Waals surface area contributed by atoms with E-state index in [1.165, 1.54) is 0 Å². The molecular formula is C24H23Br3N2O4. The van der Waals surface area contributed by atoms with Crippen LogP contribution in [-0.4, -0.2) is 25.0 Å². The van der Waals surface area contributed by atoms with Gasteiger partial charge in [0.1, 0.15) is 11.5 Å². The number of nitrogens with one attached hydrogen (secondary N) is 2. The molecule has 0 saturated carbocycles. The van der Waals surface area contributed by atoms with Crippen LogP contribution in [0.15, 0.2) is 61.9 Å². The second kappa shape index (κ2) is 11.9. The van der Waals surface area contributed by atoms with E-state index in [9.17, 15) is 9.59 Å². The van der Waals surface area contributed by atoms with Crippen LogP contribution in [-0.2, 0) is 4.79 Å². The Morgan fingerprint density at radius 2 is 1.67 bits per heavy atom. The highest BCUT2D eigenvalue weighted by atomic mass is 79.9. The fourth-order valence-electron chi connectivity index (χ4n) is 2.90. The van der Waals surface area contributed by atoms with Crippen LogP contribution in [0.3, 0.4) is 0 Å². The smallest absolute Gasteiger partial charge is 0.276 e. The molecule has 0 unspecified atom stereocenters. The lowest BCUT2D eigenvalue weighted by atomic mass is 10.1. The summed E-state index contributed by atoms with van der Waals surface area (Å²) in [6, 6.07) is 14.6. The molecule has 9 heteroatoms. The van der Waals surface area contributed by atoms with Gasteiger partial charge >= 0.3 is 0 Å². The van der Waals surface area contributed by atoms with Crippen molar-refractivity contribution in [3.8, 4) is 11.5 Å². The van der Waals surface area contributed by atoms with Gasteiger partial charge in [-0.15, -0.1) is 0 Å². The normalized spacial score (nSPS) is 10.8. The van der Waals surface area contributed by atoms with E-state index in [4.69, 9.17) is 9.47 Å². The number of hydrogen-bond donors (Lipinski definition) is 2. The van der Waals surface area contributed by atoms with E-state index in [1.807, 2.05) is 24.3 Å². The molecule has 0 atom stereocenters. The first-order valence-corrected chi connectivity index (χ1v) is 12.6. The first-order chi connectivity index (χ1) is 15.7. The van der Waals surface area contributed by atoms with Crippen LogP contribution in [0.5, 0.6) is 11.5 Å². The van der Waals surface area contributed by atoms with Crippen LogP contribution in [0.25, 0.3) is 10.8 Å². The molecule has 0 heterocycles. The maximum atomic E-state index is 12.4. The number of amides is 2. The summed E-state index contributed by atoms with van der Waals surface area (Å²) in [6.07, 6.45) is 0.941. The molecule has 3 aromatic rings. The van der Waals surface area contributed by atoms with Crippen molar-refractivity contribution in [3.63, 3.8) is 0 Å². The quantitative estimate of drug-likeness (QED) is 0.279. The topological polar surface area (TPSA) is 76.7 Å². The van der Waals surface area contributed by atoms with Crippen LogP contribution in [0, 0.1) is 5.92 Å². The van der Waals surface area contributed by atoms with E-state index in [0.29, 0.717) is 34.1 Å². The highest BCUT2D eigenvalue weighted by Gasteiger charge is 2.12. The maximum absolute atomic E-state index is 12.4. The van der Waals surface area contributed by atoms with Crippen LogP contribution in [0.2, 0.25) is 0 Å². The lowest BCUT2D eigenvalue weighted by Crippen LogP contribution is -2.43. The average molecular weight is 643 g/mol. The zero-order chi connectivity index (χ0) is 24.0. The second-order valence-corrected chi connectivity index (χ2v) is 10.3. The lowest BCUT2D eigenvalue weighted by Gasteiger charge is -2.12. The van der Waals surface area contributed by atoms with Gasteiger partial charge in [0.2, 0.25) is 0 Å². The summed E-state index contributed by atoms with van der Waals surface area (Å²) in [5.41, 5.74) is 5.14. The summed E-state index contributed by atoms with van der Waals surface area (Å²) in [5, 5.41) is 1.99. The van der Waals surface area contributed by atoms with Gasteiger partial charge in [0, 0.05) is 10.0 Å². The second-order valence-electron chi connectivity index (χ2n) is 7.71. The van der Waals surface area contributed by atoms with Crippen molar-refractivity contribution in [1.29, 1.82) is 0 Å². The molecule has 2 amide bonds. The Hall–Kier alpha value is -2.10. The predicted octanol–water partition coefficient (Wildman–Crippen LogP) is 6.39. The standard InChI is InChI=1S/C24H23Br3N2O4/c1-14(2)9-10-32-20-7-4-16(12-19(20)26)24(31)29-28-22(30)13-33-21-8-3-15-11-17(25)5-6-18(15)23(21)27/h3-8,11-12,14H,9-10,13H2,1-2H3,(H,28,30)(H,29,31). The monoisotopic (exact) mass is 640 g/mol. The Kier molecular flexibility index (Phi) is 9.17. The fourth-order valence-corrected chi connectivity index (χ4v) is 4.38. The number of ether oxygens (including phenoxy) is 2. The molecule has 0 aliphatic rings. The Bertz CT molecular complexity index is 1170. The summed E-state index contributed by atoms with van der Waals surface area (Å²) < 4.78 is 13.7. The number of carbonyl (C=O) groups excluding carboxylic acids is 2. The number of halogens is 3. The Balaban J connectivity index is 1.51. The summed E-state index contributed by atoms with van der Waals surface area (Å²) in [6.45, 7) is 4.60. The van der Waals surface area contributed by atoms with E-state index < -0.39 is 11.8 Å². The lowest BCUT2D eigenvalue weighted by molar-refractivity contribution is -0.123. The van der Waals surface area contributed by atoms with Crippen molar-refractivity contribution in [3.05, 3.63) is 67.5 Å². The molecule has 0 aliphatic carbocycles. The van der Waals surface area contributed by atoms with Crippen molar-refractivity contribution >= 4 is 70.4 Å². The van der Waals surface area contributed by atoms with E-state index in [0.717, 1.165) is 26.1 Å². The van der Waals surface area contributed by atoms with E-state index in [2.05, 4.69) is 72.5 Å². The SMILES string of the molecule is CC(C)CCOc1ccc(C(=O)NNC(=O)COc2ccc3cc(Br)ccc3c2Br)cc1Br. The highest BCUT2D eigenvalue weighted by Crippen LogP contribution is 2.34. The van der Waals surface area contributed by atoms with Gasteiger partial charge in [0.05, 0.1) is 15.6 Å². The van der Waals surface area contributed by atoms with Crippen molar-refractivity contribution in [1.82, 2.24) is 10.9 Å². The van der Waals surface area contributed by atoms with Gasteiger partial charge in [-0.25, -0.2) is 0 Å². The van der Waals surface area contributed by atoms with Crippen LogP contribution < -0.4 is 20.3 Å². The minimum absolute atomic E-state index is 0.257. The van der Waals surface area contributed by atoms with Gasteiger partial charge in [0.15, 0.2) is 6.61 Å². The number of rotatable bonds is 8. The zero-order valence-corrected chi connectivity index (χ0v) is 22.8. The number of hydrazine groups is 1. The van der Waals surface area contributed by atoms with Crippen molar-refractivity contribution in [2.24, 2.45) is 5.92 Å². The molecule has 6 nitrogen and oxygen atoms in total. The van der Waals surface area contributed by atoms with Gasteiger partial charge in [-0.05, 0) is 91.4 Å². The fraction of sp³-hybridized carbons (Fsp3) is 0.250. The largest absolute Gasteiger partial charge is 0.492 e. The third-order valence-electron chi connectivity index (χ3n) is 4.70. The summed E-state index contributed by atoms with van der Waals surface area (Å²) >= 11 is 10.4. The maximum Gasteiger partial charge on any atom is 0.276 e. The third kappa shape index (κ3) is 7.19. The molecule has 0 fully saturated rings. The van der Waals surface area contributed by atoms with E-state index in [1.54, 1.807) is 24.3 Å². The summed E-state index contributed by atoms with van der Waals surface area (Å²) in [7, 11) is 0. The van der Waals surface area contributed by atoms with Gasteiger partial charge in [-0.2, -0.15) is 0 Å².